The van der Waals surface area contributed by atoms with Crippen LogP contribution in [0.15, 0.2) is 47.4 Å². The molecule has 0 aliphatic rings. The molecule has 3 aromatic rings. The van der Waals surface area contributed by atoms with Gasteiger partial charge in [0.05, 0.1) is 0 Å². The van der Waals surface area contributed by atoms with Crippen LogP contribution in [-0.4, -0.2) is 10.9 Å². The maximum atomic E-state index is 13.1. The van der Waals surface area contributed by atoms with Gasteiger partial charge in [0.25, 0.3) is 5.91 Å². The molecule has 176 valence electrons. The topological polar surface area (TPSA) is 134 Å². The molecule has 0 unspecified atom stereocenters. The van der Waals surface area contributed by atoms with E-state index in [1.807, 2.05) is 41.5 Å². The predicted octanol–water partition coefficient (Wildman–Crippen LogP) is -2.41. The van der Waals surface area contributed by atoms with Crippen molar-refractivity contribution < 1.29 is 82.8 Å². The molecule has 0 saturated heterocycles. The quantitative estimate of drug-likeness (QED) is 0.293. The number of pyridine rings is 1. The summed E-state index contributed by atoms with van der Waals surface area (Å²) in [5.41, 5.74) is 0.480. The van der Waals surface area contributed by atoms with Gasteiger partial charge in [-0.1, -0.05) is 53.7 Å². The Labute approximate surface area is 249 Å². The molecular formula is C24H27N2Na2O6P. The Bertz CT molecular complexity index is 1340. The molecule has 8 nitrogen and oxygen atoms in total. The van der Waals surface area contributed by atoms with Crippen LogP contribution in [0.1, 0.15) is 63.0 Å². The second kappa shape index (κ2) is 11.6. The third kappa shape index (κ3) is 7.78. The number of nitrogens with one attached hydrogen (secondary N) is 2. The van der Waals surface area contributed by atoms with Crippen molar-refractivity contribution in [3.05, 3.63) is 69.5 Å². The summed E-state index contributed by atoms with van der Waals surface area (Å²) in [7, 11) is -5.35. The molecule has 3 rings (SSSR count). The predicted molar refractivity (Wildman–Crippen MR) is 125 cm³/mol. The molecule has 0 bridgehead atoms. The number of anilines is 1. The van der Waals surface area contributed by atoms with Crippen LogP contribution in [0.5, 0.6) is 5.75 Å². The van der Waals surface area contributed by atoms with E-state index in [0.29, 0.717) is 22.0 Å². The van der Waals surface area contributed by atoms with E-state index in [0.717, 1.165) is 0 Å². The third-order valence-electron chi connectivity index (χ3n) is 5.23. The fourth-order valence-corrected chi connectivity index (χ4v) is 4.00. The van der Waals surface area contributed by atoms with Gasteiger partial charge in [-0.3, -0.25) is 9.59 Å². The molecule has 0 fully saturated rings. The van der Waals surface area contributed by atoms with Crippen molar-refractivity contribution in [3.8, 4) is 5.75 Å². The number of hydrogen-bond acceptors (Lipinski definition) is 6. The third-order valence-corrected chi connectivity index (χ3v) is 5.65. The summed E-state index contributed by atoms with van der Waals surface area (Å²) < 4.78 is 16.2. The zero-order chi connectivity index (χ0) is 24.8. The monoisotopic (exact) mass is 516 g/mol. The number of para-hydroxylation sites is 1. The molecule has 0 radical (unpaired) electrons. The Kier molecular flexibility index (Phi) is 10.7. The Balaban J connectivity index is 0.00000306. The first-order chi connectivity index (χ1) is 15.1. The Morgan fingerprint density at radius 2 is 1.54 bits per heavy atom. The molecule has 35 heavy (non-hydrogen) atoms. The fourth-order valence-electron chi connectivity index (χ4n) is 3.61. The van der Waals surface area contributed by atoms with Crippen LogP contribution in [0.4, 0.5) is 5.69 Å². The largest absolute Gasteiger partial charge is 1.00 e. The number of carbonyl (C=O) groups is 1. The van der Waals surface area contributed by atoms with E-state index >= 15 is 0 Å². The number of amides is 1. The number of H-pyrrole nitrogens is 1. The van der Waals surface area contributed by atoms with E-state index in [2.05, 4.69) is 10.3 Å². The number of aromatic nitrogens is 1. The first-order valence-electron chi connectivity index (χ1n) is 10.4. The summed E-state index contributed by atoms with van der Waals surface area (Å²) in [5, 5.41) is 3.08. The van der Waals surface area contributed by atoms with Crippen LogP contribution < -0.4 is 84.2 Å². The minimum atomic E-state index is -5.35. The van der Waals surface area contributed by atoms with E-state index in [1.165, 1.54) is 12.3 Å². The van der Waals surface area contributed by atoms with Crippen molar-refractivity contribution in [1.82, 2.24) is 4.98 Å². The van der Waals surface area contributed by atoms with E-state index in [-0.39, 0.29) is 76.1 Å². The van der Waals surface area contributed by atoms with Crippen LogP contribution in [-0.2, 0) is 15.4 Å². The van der Waals surface area contributed by atoms with Gasteiger partial charge < -0.3 is 29.2 Å². The van der Waals surface area contributed by atoms with Crippen molar-refractivity contribution in [3.63, 3.8) is 0 Å². The summed E-state index contributed by atoms with van der Waals surface area (Å²) in [5.74, 6) is -0.832. The second-order valence-electron chi connectivity index (χ2n) is 9.96. The maximum Gasteiger partial charge on any atom is 1.00 e. The molecule has 1 amide bonds. The minimum absolute atomic E-state index is 0. The van der Waals surface area contributed by atoms with E-state index in [9.17, 15) is 23.9 Å². The van der Waals surface area contributed by atoms with Gasteiger partial charge in [0.1, 0.15) is 19.1 Å². The zero-order valence-electron chi connectivity index (χ0n) is 21.4. The molecule has 0 spiro atoms. The number of phosphoric ester groups is 1. The molecule has 0 saturated carbocycles. The number of hydrogen-bond donors (Lipinski definition) is 2. The summed E-state index contributed by atoms with van der Waals surface area (Å²) >= 11 is 0. The molecule has 0 aliphatic heterocycles. The van der Waals surface area contributed by atoms with Crippen LogP contribution in [0.3, 0.4) is 0 Å². The molecule has 2 aromatic carbocycles. The zero-order valence-corrected chi connectivity index (χ0v) is 26.3. The SMILES string of the molecule is CC(C)(C)c1cc(C(C)(C)C)c(OP(=O)([O-])[O-])cc1NC(=O)c1c[nH]c2ccccc2c1=O.[Na+].[Na+]. The fraction of sp³-hybridized carbons (Fsp3) is 0.333. The number of fused-ring (bicyclic) bond motifs is 1. The van der Waals surface area contributed by atoms with Gasteiger partial charge in [-0.15, -0.1) is 0 Å². The van der Waals surface area contributed by atoms with Gasteiger partial charge in [0, 0.05) is 34.4 Å². The van der Waals surface area contributed by atoms with Crippen LogP contribution >= 0.6 is 7.82 Å². The Morgan fingerprint density at radius 3 is 2.09 bits per heavy atom. The Hall–Kier alpha value is -0.930. The van der Waals surface area contributed by atoms with Crippen LogP contribution in [0.25, 0.3) is 10.9 Å². The van der Waals surface area contributed by atoms with E-state index in [4.69, 9.17) is 4.52 Å². The average molecular weight is 516 g/mol. The molecular weight excluding hydrogens is 489 g/mol. The van der Waals surface area contributed by atoms with Gasteiger partial charge in [-0.25, -0.2) is 0 Å². The minimum Gasteiger partial charge on any atom is -0.780 e. The van der Waals surface area contributed by atoms with Crippen LogP contribution in [0, 0.1) is 0 Å². The number of aromatic amines is 1. The van der Waals surface area contributed by atoms with Crippen molar-refractivity contribution in [2.24, 2.45) is 0 Å². The number of phosphoric acid groups is 1. The normalized spacial score (nSPS) is 11.9. The van der Waals surface area contributed by atoms with Gasteiger partial charge in [-0.05, 0) is 34.6 Å². The number of rotatable bonds is 4. The molecule has 11 heteroatoms. The van der Waals surface area contributed by atoms with Gasteiger partial charge in [0.2, 0.25) is 5.43 Å². The number of benzene rings is 2. The van der Waals surface area contributed by atoms with Crippen molar-refractivity contribution >= 4 is 30.3 Å². The molecule has 1 heterocycles. The first kappa shape index (κ1) is 32.1. The summed E-state index contributed by atoms with van der Waals surface area (Å²) in [4.78, 5) is 51.7. The van der Waals surface area contributed by atoms with Crippen LogP contribution in [0.2, 0.25) is 0 Å². The standard InChI is InChI=1S/C24H29N2O6P.2Na/c1-23(2,3)16-11-17(24(4,5)6)20(32-33(29,30)31)12-19(16)26-22(28)15-13-25-18-10-8-7-9-14(18)21(15)27;;/h7-13H,1-6H3,(H,25,27)(H,26,28)(H2,29,30,31);;/q;2*+1/p-2. The molecule has 0 aliphatic carbocycles. The molecule has 2 N–H and O–H groups in total. The van der Waals surface area contributed by atoms with Gasteiger partial charge >= 0.3 is 59.1 Å². The summed E-state index contributed by atoms with van der Waals surface area (Å²) in [6.45, 7) is 11.4. The second-order valence-corrected chi connectivity index (χ2v) is 11.0. The smallest absolute Gasteiger partial charge is 0.780 e. The van der Waals surface area contributed by atoms with E-state index < -0.39 is 30.0 Å². The van der Waals surface area contributed by atoms with Gasteiger partial charge in [-0.2, -0.15) is 0 Å². The van der Waals surface area contributed by atoms with Crippen molar-refractivity contribution in [2.45, 2.75) is 52.4 Å². The first-order valence-corrected chi connectivity index (χ1v) is 11.9. The molecule has 1 aromatic heterocycles. The molecule has 0 atom stereocenters. The number of carbonyl (C=O) groups excluding carboxylic acids is 1. The summed E-state index contributed by atoms with van der Waals surface area (Å²) in [6.07, 6.45) is 1.33. The maximum absolute atomic E-state index is 13.1. The van der Waals surface area contributed by atoms with Crippen molar-refractivity contribution in [2.75, 3.05) is 5.32 Å². The van der Waals surface area contributed by atoms with Gasteiger partial charge in [0.15, 0.2) is 0 Å². The average Bonchev–Trinajstić information content (AvgIpc) is 2.65. The van der Waals surface area contributed by atoms with E-state index in [1.54, 1.807) is 30.3 Å². The Morgan fingerprint density at radius 1 is 0.971 bits per heavy atom. The summed E-state index contributed by atoms with van der Waals surface area (Å²) in [6, 6.07) is 9.89. The van der Waals surface area contributed by atoms with Crippen molar-refractivity contribution in [1.29, 1.82) is 0 Å².